The van der Waals surface area contributed by atoms with Gasteiger partial charge in [-0.25, -0.2) is 0 Å². The molecule has 25 heavy (non-hydrogen) atoms. The SMILES string of the molecule is Cc1ccc(C(=O)CCC(=O)Nc2ccc3c(c2)NC(=O)CO3)cc1. The molecule has 2 aromatic rings. The van der Waals surface area contributed by atoms with Gasteiger partial charge in [-0.1, -0.05) is 29.8 Å². The van der Waals surface area contributed by atoms with Crippen LogP contribution in [0, 0.1) is 6.92 Å². The van der Waals surface area contributed by atoms with Crippen molar-refractivity contribution >= 4 is 29.0 Å². The molecule has 1 aliphatic heterocycles. The number of benzene rings is 2. The summed E-state index contributed by atoms with van der Waals surface area (Å²) >= 11 is 0. The lowest BCUT2D eigenvalue weighted by Crippen LogP contribution is -2.25. The van der Waals surface area contributed by atoms with Gasteiger partial charge in [0, 0.05) is 24.1 Å². The zero-order valence-electron chi connectivity index (χ0n) is 13.8. The van der Waals surface area contributed by atoms with Gasteiger partial charge in [-0.2, -0.15) is 0 Å². The molecule has 0 bridgehead atoms. The van der Waals surface area contributed by atoms with Gasteiger partial charge in [-0.05, 0) is 25.1 Å². The lowest BCUT2D eigenvalue weighted by molar-refractivity contribution is -0.118. The van der Waals surface area contributed by atoms with Crippen molar-refractivity contribution in [2.45, 2.75) is 19.8 Å². The molecule has 2 aromatic carbocycles. The van der Waals surface area contributed by atoms with E-state index in [1.54, 1.807) is 30.3 Å². The Morgan fingerprint density at radius 1 is 1.12 bits per heavy atom. The number of hydrogen-bond donors (Lipinski definition) is 2. The van der Waals surface area contributed by atoms with E-state index >= 15 is 0 Å². The maximum atomic E-state index is 12.1. The van der Waals surface area contributed by atoms with E-state index < -0.39 is 0 Å². The van der Waals surface area contributed by atoms with Gasteiger partial charge < -0.3 is 15.4 Å². The van der Waals surface area contributed by atoms with Crippen molar-refractivity contribution in [3.63, 3.8) is 0 Å². The summed E-state index contributed by atoms with van der Waals surface area (Å²) in [4.78, 5) is 35.5. The van der Waals surface area contributed by atoms with Crippen molar-refractivity contribution in [1.82, 2.24) is 0 Å². The molecule has 2 amide bonds. The predicted molar refractivity (Wildman–Crippen MR) is 93.9 cm³/mol. The first kappa shape index (κ1) is 16.7. The largest absolute Gasteiger partial charge is 0.482 e. The standard InChI is InChI=1S/C19H18N2O4/c1-12-2-4-13(5-3-12)16(22)7-9-18(23)20-14-6-8-17-15(10-14)21-19(24)11-25-17/h2-6,8,10H,7,9,11H2,1H3,(H,20,23)(H,21,24). The molecule has 1 aliphatic rings. The first-order chi connectivity index (χ1) is 12.0. The number of nitrogens with one attached hydrogen (secondary N) is 2. The molecule has 0 saturated carbocycles. The lowest BCUT2D eigenvalue weighted by Gasteiger charge is -2.18. The third-order valence-electron chi connectivity index (χ3n) is 3.85. The Morgan fingerprint density at radius 3 is 2.64 bits per heavy atom. The fourth-order valence-corrected chi connectivity index (χ4v) is 2.50. The van der Waals surface area contributed by atoms with Crippen LogP contribution in [0.25, 0.3) is 0 Å². The highest BCUT2D eigenvalue weighted by molar-refractivity contribution is 6.01. The molecule has 2 N–H and O–H groups in total. The Bertz CT molecular complexity index is 828. The summed E-state index contributed by atoms with van der Waals surface area (Å²) in [5.41, 5.74) is 2.74. The molecule has 0 spiro atoms. The summed E-state index contributed by atoms with van der Waals surface area (Å²) in [6.45, 7) is 1.94. The summed E-state index contributed by atoms with van der Waals surface area (Å²) < 4.78 is 5.26. The minimum atomic E-state index is -0.261. The van der Waals surface area contributed by atoms with Crippen LogP contribution in [-0.4, -0.2) is 24.2 Å². The van der Waals surface area contributed by atoms with Crippen molar-refractivity contribution in [2.75, 3.05) is 17.2 Å². The third kappa shape index (κ3) is 4.23. The smallest absolute Gasteiger partial charge is 0.262 e. The molecule has 0 aliphatic carbocycles. The quantitative estimate of drug-likeness (QED) is 0.821. The van der Waals surface area contributed by atoms with Gasteiger partial charge in [-0.15, -0.1) is 0 Å². The summed E-state index contributed by atoms with van der Waals surface area (Å²) in [6, 6.07) is 12.3. The zero-order valence-corrected chi connectivity index (χ0v) is 13.8. The fraction of sp³-hybridized carbons (Fsp3) is 0.211. The van der Waals surface area contributed by atoms with Gasteiger partial charge >= 0.3 is 0 Å². The van der Waals surface area contributed by atoms with E-state index in [-0.39, 0.29) is 37.0 Å². The Kier molecular flexibility index (Phi) is 4.79. The van der Waals surface area contributed by atoms with E-state index in [1.165, 1.54) is 0 Å². The minimum Gasteiger partial charge on any atom is -0.482 e. The normalized spacial score (nSPS) is 12.6. The molecular formula is C19H18N2O4. The van der Waals surface area contributed by atoms with Crippen LogP contribution in [0.1, 0.15) is 28.8 Å². The number of carbonyl (C=O) groups is 3. The second-order valence-electron chi connectivity index (χ2n) is 5.89. The van der Waals surface area contributed by atoms with Crippen LogP contribution >= 0.6 is 0 Å². The van der Waals surface area contributed by atoms with E-state index in [1.807, 2.05) is 19.1 Å². The Morgan fingerprint density at radius 2 is 1.88 bits per heavy atom. The second-order valence-corrected chi connectivity index (χ2v) is 5.89. The van der Waals surface area contributed by atoms with Crippen LogP contribution in [0.5, 0.6) is 5.75 Å². The molecule has 6 nitrogen and oxygen atoms in total. The maximum Gasteiger partial charge on any atom is 0.262 e. The fourth-order valence-electron chi connectivity index (χ4n) is 2.50. The van der Waals surface area contributed by atoms with Crippen molar-refractivity contribution in [3.05, 3.63) is 53.6 Å². The van der Waals surface area contributed by atoms with Gasteiger partial charge in [0.15, 0.2) is 12.4 Å². The van der Waals surface area contributed by atoms with Gasteiger partial charge in [0.05, 0.1) is 5.69 Å². The first-order valence-electron chi connectivity index (χ1n) is 7.98. The summed E-state index contributed by atoms with van der Waals surface area (Å²) in [7, 11) is 0. The molecule has 6 heteroatoms. The number of anilines is 2. The molecule has 0 atom stereocenters. The number of aryl methyl sites for hydroxylation is 1. The van der Waals surface area contributed by atoms with Crippen LogP contribution in [0.3, 0.4) is 0 Å². The van der Waals surface area contributed by atoms with Crippen molar-refractivity contribution in [3.8, 4) is 5.75 Å². The molecule has 3 rings (SSSR count). The number of Topliss-reactive ketones (excluding diaryl/α,β-unsaturated/α-hetero) is 1. The second kappa shape index (κ2) is 7.17. The van der Waals surface area contributed by atoms with Gasteiger partial charge in [0.1, 0.15) is 5.75 Å². The third-order valence-corrected chi connectivity index (χ3v) is 3.85. The average Bonchev–Trinajstić information content (AvgIpc) is 2.60. The maximum absolute atomic E-state index is 12.1. The Hall–Kier alpha value is -3.15. The Balaban J connectivity index is 1.56. The lowest BCUT2D eigenvalue weighted by atomic mass is 10.0. The minimum absolute atomic E-state index is 0.0141. The topological polar surface area (TPSA) is 84.5 Å². The Labute approximate surface area is 145 Å². The number of carbonyl (C=O) groups excluding carboxylic acids is 3. The number of ketones is 1. The number of rotatable bonds is 5. The summed E-state index contributed by atoms with van der Waals surface area (Å²) in [6.07, 6.45) is 0.229. The number of fused-ring (bicyclic) bond motifs is 1. The summed E-state index contributed by atoms with van der Waals surface area (Å²) in [5.74, 6) is -0.00320. The molecular weight excluding hydrogens is 320 g/mol. The van der Waals surface area contributed by atoms with E-state index in [2.05, 4.69) is 10.6 Å². The van der Waals surface area contributed by atoms with Crippen molar-refractivity contribution in [2.24, 2.45) is 0 Å². The molecule has 0 radical (unpaired) electrons. The van der Waals surface area contributed by atoms with Crippen LogP contribution in [-0.2, 0) is 9.59 Å². The van der Waals surface area contributed by atoms with Gasteiger partial charge in [-0.3, -0.25) is 14.4 Å². The van der Waals surface area contributed by atoms with E-state index in [9.17, 15) is 14.4 Å². The number of amides is 2. The highest BCUT2D eigenvalue weighted by Crippen LogP contribution is 2.30. The van der Waals surface area contributed by atoms with Gasteiger partial charge in [0.25, 0.3) is 5.91 Å². The number of ether oxygens (including phenoxy) is 1. The molecule has 0 unspecified atom stereocenters. The highest BCUT2D eigenvalue weighted by atomic mass is 16.5. The van der Waals surface area contributed by atoms with Crippen molar-refractivity contribution < 1.29 is 19.1 Å². The zero-order chi connectivity index (χ0) is 17.8. The molecule has 1 heterocycles. The monoisotopic (exact) mass is 338 g/mol. The van der Waals surface area contributed by atoms with Crippen LogP contribution in [0.15, 0.2) is 42.5 Å². The van der Waals surface area contributed by atoms with Crippen LogP contribution in [0.4, 0.5) is 11.4 Å². The predicted octanol–water partition coefficient (Wildman–Crippen LogP) is 2.93. The van der Waals surface area contributed by atoms with E-state index in [4.69, 9.17) is 4.74 Å². The summed E-state index contributed by atoms with van der Waals surface area (Å²) in [5, 5.41) is 5.41. The van der Waals surface area contributed by atoms with Crippen LogP contribution < -0.4 is 15.4 Å². The number of hydrogen-bond acceptors (Lipinski definition) is 4. The van der Waals surface area contributed by atoms with Gasteiger partial charge in [0.2, 0.25) is 5.91 Å². The van der Waals surface area contributed by atoms with E-state index in [0.717, 1.165) is 5.56 Å². The van der Waals surface area contributed by atoms with Crippen LogP contribution in [0.2, 0.25) is 0 Å². The average molecular weight is 338 g/mol. The molecule has 0 fully saturated rings. The van der Waals surface area contributed by atoms with E-state index in [0.29, 0.717) is 22.7 Å². The first-order valence-corrected chi connectivity index (χ1v) is 7.98. The molecule has 0 aromatic heterocycles. The molecule has 128 valence electrons. The highest BCUT2D eigenvalue weighted by Gasteiger charge is 2.16. The molecule has 0 saturated heterocycles. The van der Waals surface area contributed by atoms with Crippen molar-refractivity contribution in [1.29, 1.82) is 0 Å².